The van der Waals surface area contributed by atoms with E-state index in [0.717, 1.165) is 31.1 Å². The topological polar surface area (TPSA) is 54.5 Å². The van der Waals surface area contributed by atoms with E-state index in [4.69, 9.17) is 0 Å². The molecule has 198 valence electrons. The van der Waals surface area contributed by atoms with Crippen LogP contribution in [0.1, 0.15) is 61.9 Å². The van der Waals surface area contributed by atoms with Gasteiger partial charge in [-0.25, -0.2) is 0 Å². The van der Waals surface area contributed by atoms with Gasteiger partial charge in [-0.15, -0.1) is 0 Å². The number of aliphatic hydroxyl groups is 1. The molecule has 3 aliphatic rings. The van der Waals surface area contributed by atoms with Gasteiger partial charge < -0.3 is 15.4 Å². The molecule has 1 saturated heterocycles. The average Bonchev–Trinajstić information content (AvgIpc) is 3.42. The van der Waals surface area contributed by atoms with Gasteiger partial charge in [0.1, 0.15) is 0 Å². The normalized spacial score (nSPS) is 26.9. The number of likely N-dealkylation sites (tertiary alicyclic amines) is 1. The molecule has 2 aromatic carbocycles. The average molecular weight is 505 g/mol. The van der Waals surface area contributed by atoms with E-state index in [9.17, 15) is 9.50 Å². The number of rotatable bonds is 9. The molecule has 0 spiro atoms. The van der Waals surface area contributed by atoms with E-state index in [1.807, 2.05) is 0 Å². The second-order valence-corrected chi connectivity index (χ2v) is 11.6. The van der Waals surface area contributed by atoms with Crippen LogP contribution in [0.4, 0.5) is 10.1 Å². The lowest BCUT2D eigenvalue weighted by Crippen LogP contribution is -2.43. The predicted octanol–water partition coefficient (Wildman–Crippen LogP) is 5.51. The van der Waals surface area contributed by atoms with Gasteiger partial charge >= 0.3 is 0 Å². The summed E-state index contributed by atoms with van der Waals surface area (Å²) in [6, 6.07) is 18.3. The number of para-hydroxylation sites is 1. The number of hydrogen-bond acceptors (Lipinski definition) is 4. The van der Waals surface area contributed by atoms with E-state index in [1.54, 1.807) is 0 Å². The molecule has 0 radical (unpaired) electrons. The third-order valence-electron chi connectivity index (χ3n) is 9.09. The lowest BCUT2D eigenvalue weighted by molar-refractivity contribution is 0.126. The van der Waals surface area contributed by atoms with E-state index >= 15 is 0 Å². The summed E-state index contributed by atoms with van der Waals surface area (Å²) in [4.78, 5) is 8.68. The molecule has 3 N–H and O–H groups in total. The molecule has 6 heteroatoms. The number of nitrogens with zero attached hydrogens (tertiary/aromatic N) is 2. The maximum Gasteiger partial charge on any atom is 0.0906 e. The first kappa shape index (κ1) is 24.9. The van der Waals surface area contributed by atoms with Crippen molar-refractivity contribution in [1.29, 1.82) is 0 Å². The van der Waals surface area contributed by atoms with Crippen LogP contribution >= 0.6 is 0 Å². The van der Waals surface area contributed by atoms with Gasteiger partial charge in [0.15, 0.2) is 0 Å². The quantitative estimate of drug-likeness (QED) is 0.360. The molecule has 6 rings (SSSR count). The third kappa shape index (κ3) is 5.04. The number of fused-ring (bicyclic) bond motifs is 3. The smallest absolute Gasteiger partial charge is 0.0906 e. The van der Waals surface area contributed by atoms with E-state index in [2.05, 4.69) is 75.6 Å². The zero-order chi connectivity index (χ0) is 25.4. The molecule has 3 aromatic rings. The fourth-order valence-corrected chi connectivity index (χ4v) is 6.78. The number of β-amino-alcohol motifs (C(OH)–C–C–N with tert-alkyl or cyclic N) is 1. The lowest BCUT2D eigenvalue weighted by Gasteiger charge is -2.42. The number of alkyl halides is 1. The zero-order valence-electron chi connectivity index (χ0n) is 22.0. The molecular weight excluding hydrogens is 463 g/mol. The Morgan fingerprint density at radius 1 is 1.05 bits per heavy atom. The Hall–Kier alpha value is -2.41. The van der Waals surface area contributed by atoms with E-state index in [0.29, 0.717) is 25.6 Å². The molecule has 3 heterocycles. The number of benzene rings is 2. The van der Waals surface area contributed by atoms with Crippen molar-refractivity contribution in [1.82, 2.24) is 14.8 Å². The fraction of sp³-hybridized carbons (Fsp3) is 0.548. The van der Waals surface area contributed by atoms with Crippen LogP contribution in [0.25, 0.3) is 10.9 Å². The van der Waals surface area contributed by atoms with Crippen molar-refractivity contribution in [2.24, 2.45) is 5.92 Å². The highest BCUT2D eigenvalue weighted by atomic mass is 19.1. The van der Waals surface area contributed by atoms with Crippen molar-refractivity contribution in [3.63, 3.8) is 0 Å². The zero-order valence-corrected chi connectivity index (χ0v) is 22.0. The first-order valence-corrected chi connectivity index (χ1v) is 14.3. The number of aromatic nitrogens is 1. The van der Waals surface area contributed by atoms with E-state index < -0.39 is 6.10 Å². The Balaban J connectivity index is 1.25. The molecule has 2 aliphatic heterocycles. The van der Waals surface area contributed by atoms with Crippen LogP contribution in [-0.2, 0) is 6.42 Å². The second-order valence-electron chi connectivity index (χ2n) is 11.6. The Kier molecular flexibility index (Phi) is 7.24. The van der Waals surface area contributed by atoms with Crippen LogP contribution in [0.3, 0.4) is 0 Å². The minimum atomic E-state index is -0.436. The summed E-state index contributed by atoms with van der Waals surface area (Å²) in [5.74, 6) is 0.894. The van der Waals surface area contributed by atoms with Gasteiger partial charge in [-0.05, 0) is 68.0 Å². The molecule has 37 heavy (non-hydrogen) atoms. The maximum atomic E-state index is 12.6. The van der Waals surface area contributed by atoms with Crippen LogP contribution in [0, 0.1) is 5.92 Å². The van der Waals surface area contributed by atoms with Gasteiger partial charge in [-0.3, -0.25) is 14.2 Å². The molecule has 1 saturated carbocycles. The summed E-state index contributed by atoms with van der Waals surface area (Å²) in [6.07, 6.45) is 6.64. The number of halogens is 1. The van der Waals surface area contributed by atoms with Crippen molar-refractivity contribution in [2.45, 2.75) is 69.7 Å². The summed E-state index contributed by atoms with van der Waals surface area (Å²) >= 11 is 0. The second kappa shape index (κ2) is 10.8. The summed E-state index contributed by atoms with van der Waals surface area (Å²) in [5.41, 5.74) is 6.40. The van der Waals surface area contributed by atoms with Gasteiger partial charge in [0.2, 0.25) is 0 Å². The number of H-pyrrole nitrogens is 1. The molecule has 1 aromatic heterocycles. The SMILES string of the molecule is C[C@@H]1Cc2c([nH]c3ccccc23)[C@@H](c2ccc(N[C@H]3CN(CCCF)C[C@@H]3O)cc2)N1CCC1CCC1. The third-order valence-corrected chi connectivity index (χ3v) is 9.09. The van der Waals surface area contributed by atoms with Crippen molar-refractivity contribution < 1.29 is 9.50 Å². The Bertz CT molecular complexity index is 1190. The minimum absolute atomic E-state index is 0.0283. The molecule has 1 aliphatic carbocycles. The first-order chi connectivity index (χ1) is 18.1. The van der Waals surface area contributed by atoms with Crippen molar-refractivity contribution in [3.05, 3.63) is 65.4 Å². The molecule has 0 amide bonds. The fourth-order valence-electron chi connectivity index (χ4n) is 6.78. The largest absolute Gasteiger partial charge is 0.390 e. The van der Waals surface area contributed by atoms with Gasteiger partial charge in [0.25, 0.3) is 0 Å². The standard InChI is InChI=1S/C31H41FN4O/c1-21-18-26-25-8-2-3-9-27(25)34-30(26)31(36(21)17-14-22-6-4-7-22)23-10-12-24(13-11-23)33-28-19-35(16-5-15-32)20-29(28)37/h2-3,8-13,21-22,28-29,31,33-34,37H,4-7,14-20H2,1H3/t21-,28+,29+,31-/m1/s1. The lowest BCUT2D eigenvalue weighted by atomic mass is 9.82. The van der Waals surface area contributed by atoms with Gasteiger partial charge in [0, 0.05) is 48.0 Å². The highest BCUT2D eigenvalue weighted by molar-refractivity contribution is 5.85. The highest BCUT2D eigenvalue weighted by Crippen LogP contribution is 2.42. The Labute approximate surface area is 220 Å². The molecule has 2 fully saturated rings. The molecule has 4 atom stereocenters. The molecule has 0 unspecified atom stereocenters. The number of aromatic amines is 1. The number of aliphatic hydroxyl groups excluding tert-OH is 1. The molecule has 0 bridgehead atoms. The van der Waals surface area contributed by atoms with Crippen LogP contribution in [0.5, 0.6) is 0 Å². The number of anilines is 1. The summed E-state index contributed by atoms with van der Waals surface area (Å²) in [7, 11) is 0. The van der Waals surface area contributed by atoms with Crippen molar-refractivity contribution in [3.8, 4) is 0 Å². The maximum absolute atomic E-state index is 12.6. The monoisotopic (exact) mass is 504 g/mol. The Morgan fingerprint density at radius 3 is 2.62 bits per heavy atom. The molecule has 5 nitrogen and oxygen atoms in total. The van der Waals surface area contributed by atoms with Crippen molar-refractivity contribution >= 4 is 16.6 Å². The molecular formula is C31H41FN4O. The predicted molar refractivity (Wildman–Crippen MR) is 149 cm³/mol. The van der Waals surface area contributed by atoms with Crippen LogP contribution < -0.4 is 5.32 Å². The minimum Gasteiger partial charge on any atom is -0.390 e. The first-order valence-electron chi connectivity index (χ1n) is 14.3. The summed E-state index contributed by atoms with van der Waals surface area (Å²) in [6.45, 7) is 5.28. The highest BCUT2D eigenvalue weighted by Gasteiger charge is 2.36. The van der Waals surface area contributed by atoms with E-state index in [-0.39, 0.29) is 18.8 Å². The number of nitrogens with one attached hydrogen (secondary N) is 2. The van der Waals surface area contributed by atoms with Crippen LogP contribution in [0.2, 0.25) is 0 Å². The van der Waals surface area contributed by atoms with Gasteiger partial charge in [-0.1, -0.05) is 49.6 Å². The Morgan fingerprint density at radius 2 is 1.86 bits per heavy atom. The van der Waals surface area contributed by atoms with Gasteiger partial charge in [0.05, 0.1) is 24.9 Å². The van der Waals surface area contributed by atoms with Gasteiger partial charge in [-0.2, -0.15) is 0 Å². The number of hydrogen-bond donors (Lipinski definition) is 3. The van der Waals surface area contributed by atoms with Crippen LogP contribution in [-0.4, -0.2) is 70.9 Å². The summed E-state index contributed by atoms with van der Waals surface area (Å²) in [5, 5.41) is 15.4. The van der Waals surface area contributed by atoms with Crippen LogP contribution in [0.15, 0.2) is 48.5 Å². The van der Waals surface area contributed by atoms with E-state index in [1.165, 1.54) is 53.4 Å². The van der Waals surface area contributed by atoms with Crippen molar-refractivity contribution in [2.75, 3.05) is 38.2 Å². The summed E-state index contributed by atoms with van der Waals surface area (Å²) < 4.78 is 12.6.